The molecule has 0 aromatic rings. The Kier molecular flexibility index (Phi) is 7.39. The molecule has 0 N–H and O–H groups in total. The number of carbonyl (C=O) groups is 4. The van der Waals surface area contributed by atoms with Gasteiger partial charge in [0.25, 0.3) is 0 Å². The van der Waals surface area contributed by atoms with Crippen LogP contribution in [0, 0.1) is 12.3 Å². The van der Waals surface area contributed by atoms with Crippen LogP contribution in [-0.2, 0) is 42.9 Å². The fourth-order valence-corrected chi connectivity index (χ4v) is 2.36. The molecule has 3 unspecified atom stereocenters. The van der Waals surface area contributed by atoms with Crippen molar-refractivity contribution < 1.29 is 42.9 Å². The molecule has 138 valence electrons. The van der Waals surface area contributed by atoms with Gasteiger partial charge >= 0.3 is 23.9 Å². The molecule has 1 heterocycles. The second-order valence-electron chi connectivity index (χ2n) is 5.29. The highest BCUT2D eigenvalue weighted by Crippen LogP contribution is 2.28. The molecule has 5 atom stereocenters. The summed E-state index contributed by atoms with van der Waals surface area (Å²) in [6.45, 7) is 4.31. The van der Waals surface area contributed by atoms with Gasteiger partial charge in [-0.2, -0.15) is 0 Å². The van der Waals surface area contributed by atoms with Crippen LogP contribution >= 0.6 is 0 Å². The van der Waals surface area contributed by atoms with Gasteiger partial charge in [0.05, 0.1) is 0 Å². The summed E-state index contributed by atoms with van der Waals surface area (Å²) in [5.41, 5.74) is 0. The van der Waals surface area contributed by atoms with Crippen molar-refractivity contribution in [2.45, 2.75) is 58.2 Å². The zero-order chi connectivity index (χ0) is 19.1. The summed E-state index contributed by atoms with van der Waals surface area (Å²) in [6, 6.07) is 0. The Balaban J connectivity index is 3.21. The summed E-state index contributed by atoms with van der Waals surface area (Å²) >= 11 is 0. The molecule has 0 saturated carbocycles. The highest BCUT2D eigenvalue weighted by molar-refractivity contribution is 5.68. The molecule has 25 heavy (non-hydrogen) atoms. The Labute approximate surface area is 144 Å². The number of ether oxygens (including phenoxy) is 5. The molecule has 0 aromatic heterocycles. The molecule has 0 aromatic carbocycles. The number of carbonyl (C=O) groups excluding carboxylic acids is 4. The van der Waals surface area contributed by atoms with Crippen molar-refractivity contribution in [3.8, 4) is 12.3 Å². The maximum atomic E-state index is 11.5. The van der Waals surface area contributed by atoms with Gasteiger partial charge in [0.2, 0.25) is 0 Å². The maximum Gasteiger partial charge on any atom is 0.303 e. The molecule has 1 aliphatic rings. The van der Waals surface area contributed by atoms with Crippen molar-refractivity contribution in [3.05, 3.63) is 0 Å². The zero-order valence-corrected chi connectivity index (χ0v) is 14.3. The van der Waals surface area contributed by atoms with Crippen LogP contribution in [0.5, 0.6) is 0 Å². The standard InChI is InChI=1S/C16H20O9/c1-6-12-14(22-9(3)18)16(24-11(5)20)15(23-10(4)19)13(25-12)7-21-8(2)17/h1,12-16H,7H2,2-5H3/t12-,13?,14?,15+,16?/m0/s1. The van der Waals surface area contributed by atoms with E-state index in [2.05, 4.69) is 5.92 Å². The number of esters is 4. The van der Waals surface area contributed by atoms with Gasteiger partial charge in [-0.05, 0) is 0 Å². The van der Waals surface area contributed by atoms with Crippen molar-refractivity contribution in [1.82, 2.24) is 0 Å². The number of rotatable bonds is 5. The van der Waals surface area contributed by atoms with Gasteiger partial charge in [0.1, 0.15) is 12.7 Å². The second kappa shape index (κ2) is 9.03. The molecule has 0 amide bonds. The molecule has 0 bridgehead atoms. The van der Waals surface area contributed by atoms with Crippen LogP contribution in [0.2, 0.25) is 0 Å². The van der Waals surface area contributed by atoms with E-state index in [1.54, 1.807) is 0 Å². The predicted octanol–water partition coefficient (Wildman–Crippen LogP) is -0.255. The summed E-state index contributed by atoms with van der Waals surface area (Å²) in [5, 5.41) is 0. The Morgan fingerprint density at radius 1 is 0.840 bits per heavy atom. The minimum Gasteiger partial charge on any atom is -0.463 e. The normalized spacial score (nSPS) is 28.2. The largest absolute Gasteiger partial charge is 0.463 e. The van der Waals surface area contributed by atoms with Crippen molar-refractivity contribution in [1.29, 1.82) is 0 Å². The topological polar surface area (TPSA) is 114 Å². The lowest BCUT2D eigenvalue weighted by molar-refractivity contribution is -0.242. The van der Waals surface area contributed by atoms with Crippen molar-refractivity contribution in [2.75, 3.05) is 6.61 Å². The average molecular weight is 356 g/mol. The van der Waals surface area contributed by atoms with E-state index in [1.807, 2.05) is 0 Å². The third kappa shape index (κ3) is 6.08. The van der Waals surface area contributed by atoms with Crippen LogP contribution in [-0.4, -0.2) is 61.0 Å². The molecule has 0 radical (unpaired) electrons. The summed E-state index contributed by atoms with van der Waals surface area (Å²) in [6.07, 6.45) is -0.298. The lowest BCUT2D eigenvalue weighted by atomic mass is 9.94. The molecular weight excluding hydrogens is 336 g/mol. The van der Waals surface area contributed by atoms with E-state index in [1.165, 1.54) is 6.92 Å². The van der Waals surface area contributed by atoms with E-state index in [-0.39, 0.29) is 6.61 Å². The summed E-state index contributed by atoms with van der Waals surface area (Å²) in [4.78, 5) is 45.3. The monoisotopic (exact) mass is 356 g/mol. The van der Waals surface area contributed by atoms with Crippen molar-refractivity contribution >= 4 is 23.9 Å². The Morgan fingerprint density at radius 2 is 1.32 bits per heavy atom. The van der Waals surface area contributed by atoms with Crippen LogP contribution in [0.3, 0.4) is 0 Å². The van der Waals surface area contributed by atoms with Crippen LogP contribution in [0.25, 0.3) is 0 Å². The first-order valence-electron chi connectivity index (χ1n) is 7.42. The van der Waals surface area contributed by atoms with Gasteiger partial charge in [0, 0.05) is 27.7 Å². The van der Waals surface area contributed by atoms with E-state index in [0.29, 0.717) is 0 Å². The Hall–Kier alpha value is -2.60. The number of hydrogen-bond donors (Lipinski definition) is 0. The molecule has 1 aliphatic heterocycles. The Morgan fingerprint density at radius 3 is 1.76 bits per heavy atom. The first-order valence-corrected chi connectivity index (χ1v) is 7.42. The first-order chi connectivity index (χ1) is 11.6. The summed E-state index contributed by atoms with van der Waals surface area (Å²) in [7, 11) is 0. The van der Waals surface area contributed by atoms with Crippen LogP contribution in [0.15, 0.2) is 0 Å². The summed E-state index contributed by atoms with van der Waals surface area (Å²) in [5.74, 6) is -0.396. The molecule has 1 fully saturated rings. The third-order valence-electron chi connectivity index (χ3n) is 3.16. The van der Waals surface area contributed by atoms with E-state index in [4.69, 9.17) is 30.1 Å². The van der Waals surface area contributed by atoms with E-state index in [0.717, 1.165) is 20.8 Å². The minimum absolute atomic E-state index is 0.296. The number of terminal acetylenes is 1. The molecule has 1 rings (SSSR count). The third-order valence-corrected chi connectivity index (χ3v) is 3.16. The zero-order valence-electron chi connectivity index (χ0n) is 14.3. The molecule has 0 aliphatic carbocycles. The fraction of sp³-hybridized carbons (Fsp3) is 0.625. The van der Waals surface area contributed by atoms with E-state index < -0.39 is 54.4 Å². The van der Waals surface area contributed by atoms with E-state index >= 15 is 0 Å². The molecule has 9 heteroatoms. The van der Waals surface area contributed by atoms with Crippen molar-refractivity contribution in [2.24, 2.45) is 0 Å². The average Bonchev–Trinajstić information content (AvgIpc) is 2.48. The summed E-state index contributed by atoms with van der Waals surface area (Å²) < 4.78 is 25.9. The van der Waals surface area contributed by atoms with Gasteiger partial charge in [-0.1, -0.05) is 5.92 Å². The van der Waals surface area contributed by atoms with Crippen LogP contribution in [0.4, 0.5) is 0 Å². The molecule has 0 spiro atoms. The van der Waals surface area contributed by atoms with Gasteiger partial charge in [-0.25, -0.2) is 0 Å². The molecule has 1 saturated heterocycles. The minimum atomic E-state index is -1.22. The highest BCUT2D eigenvalue weighted by atomic mass is 16.7. The predicted molar refractivity (Wildman–Crippen MR) is 80.8 cm³/mol. The smallest absolute Gasteiger partial charge is 0.303 e. The van der Waals surface area contributed by atoms with Gasteiger partial charge < -0.3 is 23.7 Å². The first kappa shape index (κ1) is 20.4. The fourth-order valence-electron chi connectivity index (χ4n) is 2.36. The second-order valence-corrected chi connectivity index (χ2v) is 5.29. The highest BCUT2D eigenvalue weighted by Gasteiger charge is 2.51. The van der Waals surface area contributed by atoms with Crippen LogP contribution in [0.1, 0.15) is 27.7 Å². The SMILES string of the molecule is C#C[C@@H]1OC(COC(C)=O)[C@@H](OC(C)=O)C(OC(C)=O)C1OC(C)=O. The van der Waals surface area contributed by atoms with Gasteiger partial charge in [0.15, 0.2) is 24.4 Å². The van der Waals surface area contributed by atoms with Gasteiger partial charge in [-0.3, -0.25) is 19.2 Å². The molecule has 9 nitrogen and oxygen atoms in total. The van der Waals surface area contributed by atoms with Gasteiger partial charge in [-0.15, -0.1) is 6.42 Å². The van der Waals surface area contributed by atoms with E-state index in [9.17, 15) is 19.2 Å². The quantitative estimate of drug-likeness (QED) is 0.373. The lowest BCUT2D eigenvalue weighted by Gasteiger charge is -2.42. The number of hydrogen-bond acceptors (Lipinski definition) is 9. The maximum absolute atomic E-state index is 11.5. The molecular formula is C16H20O9. The Bertz CT molecular complexity index is 577. The van der Waals surface area contributed by atoms with Crippen molar-refractivity contribution in [3.63, 3.8) is 0 Å². The van der Waals surface area contributed by atoms with Crippen LogP contribution < -0.4 is 0 Å². The lowest BCUT2D eigenvalue weighted by Crippen LogP contribution is -2.62.